The second kappa shape index (κ2) is 10.5. The van der Waals surface area contributed by atoms with E-state index in [2.05, 4.69) is 11.8 Å². The molecule has 0 heterocycles. The molecule has 0 unspecified atom stereocenters. The summed E-state index contributed by atoms with van der Waals surface area (Å²) < 4.78 is 11.2. The molecule has 0 bridgehead atoms. The van der Waals surface area contributed by atoms with E-state index in [1.807, 2.05) is 31.2 Å². The van der Waals surface area contributed by atoms with Crippen LogP contribution >= 0.6 is 12.2 Å². The number of likely N-dealkylation sites (N-methyl/N-ethyl adjacent to an activating group) is 1. The fourth-order valence-electron chi connectivity index (χ4n) is 2.03. The number of hydrogen-bond acceptors (Lipinski definition) is 4. The molecule has 0 aromatic heterocycles. The summed E-state index contributed by atoms with van der Waals surface area (Å²) in [6.45, 7) is 9.39. The highest BCUT2D eigenvalue weighted by atomic mass is 32.1. The minimum Gasteiger partial charge on any atom is -0.493 e. The zero-order valence-corrected chi connectivity index (χ0v) is 13.8. The quantitative estimate of drug-likeness (QED) is 0.502. The molecule has 5 heteroatoms. The van der Waals surface area contributed by atoms with Gasteiger partial charge in [-0.05, 0) is 32.0 Å². The van der Waals surface area contributed by atoms with E-state index in [1.54, 1.807) is 0 Å². The van der Waals surface area contributed by atoms with Crippen molar-refractivity contribution in [2.75, 3.05) is 39.5 Å². The lowest BCUT2D eigenvalue weighted by Crippen LogP contribution is -2.29. The number of hydrogen-bond donors (Lipinski definition) is 1. The maximum absolute atomic E-state index is 5.79. The molecule has 0 atom stereocenters. The van der Waals surface area contributed by atoms with Gasteiger partial charge >= 0.3 is 0 Å². The first-order chi connectivity index (χ1) is 10.2. The van der Waals surface area contributed by atoms with Crippen molar-refractivity contribution in [3.05, 3.63) is 29.8 Å². The van der Waals surface area contributed by atoms with Crippen molar-refractivity contribution in [3.63, 3.8) is 0 Å². The van der Waals surface area contributed by atoms with Crippen molar-refractivity contribution >= 4 is 17.2 Å². The van der Waals surface area contributed by atoms with Gasteiger partial charge in [-0.15, -0.1) is 0 Å². The van der Waals surface area contributed by atoms with Gasteiger partial charge in [-0.25, -0.2) is 0 Å². The van der Waals surface area contributed by atoms with E-state index >= 15 is 0 Å². The molecule has 1 aromatic rings. The number of thiocarbonyl (C=S) groups is 1. The van der Waals surface area contributed by atoms with Crippen LogP contribution in [0.1, 0.15) is 25.8 Å². The summed E-state index contributed by atoms with van der Waals surface area (Å²) in [5, 5.41) is 0. The first kappa shape index (κ1) is 17.9. The van der Waals surface area contributed by atoms with Gasteiger partial charge in [0.1, 0.15) is 10.7 Å². The van der Waals surface area contributed by atoms with E-state index in [0.29, 0.717) is 11.6 Å². The maximum Gasteiger partial charge on any atom is 0.129 e. The Bertz CT molecular complexity index is 426. The molecule has 1 aromatic carbocycles. The minimum absolute atomic E-state index is 0.373. The predicted molar refractivity (Wildman–Crippen MR) is 91.0 cm³/mol. The normalized spacial score (nSPS) is 10.8. The summed E-state index contributed by atoms with van der Waals surface area (Å²) in [6.07, 6.45) is 0.964. The monoisotopic (exact) mass is 310 g/mol. The molecule has 4 nitrogen and oxygen atoms in total. The van der Waals surface area contributed by atoms with E-state index in [0.717, 1.165) is 50.6 Å². The molecule has 0 fully saturated rings. The topological polar surface area (TPSA) is 47.7 Å². The second-order valence-electron chi connectivity index (χ2n) is 4.69. The zero-order valence-electron chi connectivity index (χ0n) is 13.0. The smallest absolute Gasteiger partial charge is 0.129 e. The van der Waals surface area contributed by atoms with Gasteiger partial charge in [0.25, 0.3) is 0 Å². The Labute approximate surface area is 133 Å². The van der Waals surface area contributed by atoms with Crippen LogP contribution in [0.4, 0.5) is 0 Å². The largest absolute Gasteiger partial charge is 0.493 e. The number of benzene rings is 1. The van der Waals surface area contributed by atoms with Crippen LogP contribution in [-0.2, 0) is 4.74 Å². The van der Waals surface area contributed by atoms with Crippen LogP contribution in [0.5, 0.6) is 5.75 Å². The number of nitrogens with two attached hydrogens (primary N) is 1. The van der Waals surface area contributed by atoms with Gasteiger partial charge in [0.05, 0.1) is 18.8 Å². The highest BCUT2D eigenvalue weighted by Crippen LogP contribution is 2.17. The highest BCUT2D eigenvalue weighted by molar-refractivity contribution is 7.80. The van der Waals surface area contributed by atoms with E-state index in [-0.39, 0.29) is 0 Å². The third kappa shape index (κ3) is 6.89. The molecule has 0 aliphatic carbocycles. The summed E-state index contributed by atoms with van der Waals surface area (Å²) in [5.41, 5.74) is 6.49. The Morgan fingerprint density at radius 2 is 1.95 bits per heavy atom. The first-order valence-electron chi connectivity index (χ1n) is 7.50. The van der Waals surface area contributed by atoms with Crippen LogP contribution in [-0.4, -0.2) is 49.3 Å². The zero-order chi connectivity index (χ0) is 15.5. The van der Waals surface area contributed by atoms with Gasteiger partial charge in [0.15, 0.2) is 0 Å². The third-order valence-electron chi connectivity index (χ3n) is 3.23. The molecule has 2 N–H and O–H groups in total. The fraction of sp³-hybridized carbons (Fsp3) is 0.562. The average Bonchev–Trinajstić information content (AvgIpc) is 2.50. The standard InChI is InChI=1S/C16H26N2O2S/c1-3-18(11-13-19-4-2)10-7-12-20-15-9-6-5-8-14(15)16(17)21/h5-6,8-9H,3-4,7,10-13H2,1-2H3,(H2,17,21). The van der Waals surface area contributed by atoms with E-state index < -0.39 is 0 Å². The SMILES string of the molecule is CCOCCN(CC)CCCOc1ccccc1C(N)=S. The van der Waals surface area contributed by atoms with Crippen molar-refractivity contribution in [3.8, 4) is 5.75 Å². The van der Waals surface area contributed by atoms with Crippen LogP contribution in [0.2, 0.25) is 0 Å². The van der Waals surface area contributed by atoms with Gasteiger partial charge < -0.3 is 20.1 Å². The molecule has 0 aliphatic heterocycles. The van der Waals surface area contributed by atoms with E-state index in [9.17, 15) is 0 Å². The summed E-state index contributed by atoms with van der Waals surface area (Å²) in [4.78, 5) is 2.73. The van der Waals surface area contributed by atoms with Crippen molar-refractivity contribution in [1.82, 2.24) is 4.90 Å². The summed E-state index contributed by atoms with van der Waals surface area (Å²) in [6, 6.07) is 7.63. The molecule has 0 aliphatic rings. The molecule has 1 rings (SSSR count). The first-order valence-corrected chi connectivity index (χ1v) is 7.91. The minimum atomic E-state index is 0.373. The number of rotatable bonds is 11. The molecule has 118 valence electrons. The van der Waals surface area contributed by atoms with Crippen molar-refractivity contribution < 1.29 is 9.47 Å². The molecular weight excluding hydrogens is 284 g/mol. The van der Waals surface area contributed by atoms with Crippen LogP contribution in [0.25, 0.3) is 0 Å². The number of ether oxygens (including phenoxy) is 2. The van der Waals surface area contributed by atoms with Crippen LogP contribution in [0.3, 0.4) is 0 Å². The molecule has 0 radical (unpaired) electrons. The van der Waals surface area contributed by atoms with Crippen LogP contribution < -0.4 is 10.5 Å². The average molecular weight is 310 g/mol. The van der Waals surface area contributed by atoms with Gasteiger partial charge in [-0.1, -0.05) is 31.3 Å². The van der Waals surface area contributed by atoms with Gasteiger partial charge in [0.2, 0.25) is 0 Å². The Hall–Kier alpha value is -1.17. The van der Waals surface area contributed by atoms with Crippen LogP contribution in [0, 0.1) is 0 Å². The molecular formula is C16H26N2O2S. The van der Waals surface area contributed by atoms with Crippen molar-refractivity contribution in [1.29, 1.82) is 0 Å². The van der Waals surface area contributed by atoms with Gasteiger partial charge in [0, 0.05) is 19.7 Å². The highest BCUT2D eigenvalue weighted by Gasteiger charge is 2.06. The predicted octanol–water partition coefficient (Wildman–Crippen LogP) is 2.45. The van der Waals surface area contributed by atoms with Crippen molar-refractivity contribution in [2.24, 2.45) is 5.73 Å². The lowest BCUT2D eigenvalue weighted by molar-refractivity contribution is 0.112. The second-order valence-corrected chi connectivity index (χ2v) is 5.13. The molecule has 21 heavy (non-hydrogen) atoms. The van der Waals surface area contributed by atoms with Crippen molar-refractivity contribution in [2.45, 2.75) is 20.3 Å². The molecule has 0 saturated carbocycles. The fourth-order valence-corrected chi connectivity index (χ4v) is 2.20. The van der Waals surface area contributed by atoms with Gasteiger partial charge in [-0.2, -0.15) is 0 Å². The Morgan fingerprint density at radius 3 is 2.62 bits per heavy atom. The van der Waals surface area contributed by atoms with Gasteiger partial charge in [-0.3, -0.25) is 0 Å². The lowest BCUT2D eigenvalue weighted by Gasteiger charge is -2.20. The molecule has 0 saturated heterocycles. The Kier molecular flexibility index (Phi) is 8.98. The number of para-hydroxylation sites is 1. The Balaban J connectivity index is 2.31. The van der Waals surface area contributed by atoms with E-state index in [1.165, 1.54) is 0 Å². The lowest BCUT2D eigenvalue weighted by atomic mass is 10.2. The third-order valence-corrected chi connectivity index (χ3v) is 3.45. The summed E-state index contributed by atoms with van der Waals surface area (Å²) in [7, 11) is 0. The Morgan fingerprint density at radius 1 is 1.19 bits per heavy atom. The van der Waals surface area contributed by atoms with Crippen LogP contribution in [0.15, 0.2) is 24.3 Å². The maximum atomic E-state index is 5.79. The van der Waals surface area contributed by atoms with E-state index in [4.69, 9.17) is 27.4 Å². The summed E-state index contributed by atoms with van der Waals surface area (Å²) >= 11 is 5.02. The molecule has 0 spiro atoms. The summed E-state index contributed by atoms with van der Waals surface area (Å²) in [5.74, 6) is 0.766. The molecule has 0 amide bonds. The number of nitrogens with zero attached hydrogens (tertiary/aromatic N) is 1.